The number of amides is 19. The van der Waals surface area contributed by atoms with Crippen LogP contribution in [0.25, 0.3) is 0 Å². The molecule has 0 radical (unpaired) electrons. The monoisotopic (exact) mass is 2010 g/mol. The lowest BCUT2D eigenvalue weighted by Crippen LogP contribution is -2.60. The van der Waals surface area contributed by atoms with Gasteiger partial charge in [-0.2, -0.15) is 0 Å². The van der Waals surface area contributed by atoms with E-state index >= 15 is 0 Å². The summed E-state index contributed by atoms with van der Waals surface area (Å²) in [6.45, 7) is 12.5. The molecule has 798 valence electrons. The molecule has 0 saturated carbocycles. The summed E-state index contributed by atoms with van der Waals surface area (Å²) in [4.78, 5) is 331. The molecule has 0 fully saturated rings. The number of carboxylic acids is 6. The number of nitrogens with one attached hydrogen (secondary N) is 19. The number of rotatable bonds is 74. The topological polar surface area (TPSA) is 933 Å². The number of carbonyl (C=O) groups is 25. The van der Waals surface area contributed by atoms with Gasteiger partial charge in [0.25, 0.3) is 0 Å². The van der Waals surface area contributed by atoms with E-state index in [1.165, 1.54) is 41.5 Å². The van der Waals surface area contributed by atoms with Crippen LogP contribution in [0.3, 0.4) is 0 Å². The molecule has 0 aliphatic rings. The number of hydrogen-bond donors (Lipinski definition) is 31. The summed E-state index contributed by atoms with van der Waals surface area (Å²) in [5, 5.41) is 102. The summed E-state index contributed by atoms with van der Waals surface area (Å²) < 4.78 is 0. The zero-order valence-electron chi connectivity index (χ0n) is 81.1. The zero-order chi connectivity index (χ0) is 108. The first-order valence-corrected chi connectivity index (χ1v) is 46.5. The zero-order valence-corrected chi connectivity index (χ0v) is 81.1. The van der Waals surface area contributed by atoms with Crippen molar-refractivity contribution in [3.8, 4) is 0 Å². The van der Waals surface area contributed by atoms with E-state index in [1.807, 2.05) is 0 Å². The van der Waals surface area contributed by atoms with Crippen molar-refractivity contribution in [2.45, 2.75) is 351 Å². The van der Waals surface area contributed by atoms with Gasteiger partial charge in [0.2, 0.25) is 112 Å². The fraction of sp³-hybridized carbons (Fsp3) is 0.706. The highest BCUT2D eigenvalue weighted by atomic mass is 16.4. The SMILES string of the molecule is C[C@H](N)C(=O)N[C@@H](CCC(=O)O)C(=O)N[C@@H](C)C(=O)N[C@@H](C)C(=O)N[C@@H](C)C(=O)N[C@@H](CCCCN)C(=O)N[C@@H](CCC(=O)O)C(=O)N[C@@H](C)C(=O)N[C@@H](C)C(=O)N[C@@H](CCCCN)C(=O)N[C@@H](CCC(=O)O)C(=O)N[C@@H](C)C(=O)N[C@@H](CCCCN)C(=O)N[C@@H](CCC(=O)O)C(=O)N[C@@H](C)C(=O)N[C@@H](CCCCN)C(=O)N[C@@H](CCC(=O)O)C(=O)N[C@@H](C)C(=O)N[C@@H](CCCCN)C(=O)N[C@@H](C)C(=O)O. The van der Waals surface area contributed by atoms with Crippen LogP contribution in [0.2, 0.25) is 0 Å². The van der Waals surface area contributed by atoms with Gasteiger partial charge in [0, 0.05) is 32.1 Å². The van der Waals surface area contributed by atoms with E-state index < -0.39 is 327 Å². The molecule has 20 atom stereocenters. The van der Waals surface area contributed by atoms with Crippen LogP contribution in [-0.2, 0) is 120 Å². The predicted octanol–water partition coefficient (Wildman–Crippen LogP) is -10.2. The maximum atomic E-state index is 14.3. The largest absolute Gasteiger partial charge is 0.481 e. The molecule has 0 heterocycles. The minimum absolute atomic E-state index is 0.00287. The summed E-state index contributed by atoms with van der Waals surface area (Å²) in [5.41, 5.74) is 34.0. The molecule has 56 nitrogen and oxygen atoms in total. The Hall–Kier alpha value is -13.5. The molecule has 0 saturated heterocycles. The Kier molecular flexibility index (Phi) is 62.0. The average Bonchev–Trinajstić information content (AvgIpc) is 0.867. The third-order valence-electron chi connectivity index (χ3n) is 21.5. The van der Waals surface area contributed by atoms with Crippen molar-refractivity contribution in [3.05, 3.63) is 0 Å². The smallest absolute Gasteiger partial charge is 0.325 e. The van der Waals surface area contributed by atoms with Gasteiger partial charge in [0.05, 0.1) is 6.04 Å². The molecule has 0 aromatic heterocycles. The first-order chi connectivity index (χ1) is 66.1. The van der Waals surface area contributed by atoms with E-state index in [0.29, 0.717) is 19.3 Å². The van der Waals surface area contributed by atoms with Crippen LogP contribution in [0.5, 0.6) is 0 Å². The van der Waals surface area contributed by atoms with Crippen LogP contribution in [0, 0.1) is 0 Å². The van der Waals surface area contributed by atoms with Crippen molar-refractivity contribution < 1.29 is 151 Å². The average molecular weight is 2020 g/mol. The molecule has 0 bridgehead atoms. The Morgan fingerprint density at radius 3 is 0.433 bits per heavy atom. The van der Waals surface area contributed by atoms with Gasteiger partial charge < -0.3 is 166 Å². The molecule has 0 unspecified atom stereocenters. The number of unbranched alkanes of at least 4 members (excludes halogenated alkanes) is 5. The summed E-state index contributed by atoms with van der Waals surface area (Å²) in [6.07, 6.45) is -4.81. The number of nitrogens with two attached hydrogens (primary N) is 6. The predicted molar refractivity (Wildman–Crippen MR) is 498 cm³/mol. The van der Waals surface area contributed by atoms with Crippen LogP contribution in [-0.4, -0.2) is 332 Å². The molecular formula is C85H147N25O31. The molecule has 0 aromatic carbocycles. The van der Waals surface area contributed by atoms with Crippen LogP contribution in [0.1, 0.15) is 230 Å². The van der Waals surface area contributed by atoms with Crippen molar-refractivity contribution in [3.63, 3.8) is 0 Å². The first kappa shape index (κ1) is 128. The van der Waals surface area contributed by atoms with E-state index in [-0.39, 0.29) is 116 Å². The highest BCUT2D eigenvalue weighted by Crippen LogP contribution is 2.14. The molecule has 141 heavy (non-hydrogen) atoms. The fourth-order valence-electron chi connectivity index (χ4n) is 12.9. The summed E-state index contributed by atoms with van der Waals surface area (Å²) in [5.74, 6) is -28.1. The van der Waals surface area contributed by atoms with Crippen LogP contribution in [0.15, 0.2) is 0 Å². The van der Waals surface area contributed by atoms with E-state index in [9.17, 15) is 145 Å². The van der Waals surface area contributed by atoms with Crippen molar-refractivity contribution in [2.24, 2.45) is 34.4 Å². The first-order valence-electron chi connectivity index (χ1n) is 46.5. The second-order valence-corrected chi connectivity index (χ2v) is 33.9. The highest BCUT2D eigenvalue weighted by Gasteiger charge is 2.39. The van der Waals surface area contributed by atoms with Crippen molar-refractivity contribution in [2.75, 3.05) is 32.7 Å². The molecule has 0 aromatic rings. The number of hydrogen-bond acceptors (Lipinski definition) is 31. The number of carboxylic acid groups (broad SMARTS) is 6. The summed E-state index contributed by atoms with van der Waals surface area (Å²) >= 11 is 0. The van der Waals surface area contributed by atoms with Crippen LogP contribution >= 0.6 is 0 Å². The van der Waals surface area contributed by atoms with Crippen LogP contribution in [0.4, 0.5) is 0 Å². The second kappa shape index (κ2) is 68.5. The minimum Gasteiger partial charge on any atom is -0.481 e. The third kappa shape index (κ3) is 52.9. The van der Waals surface area contributed by atoms with Gasteiger partial charge in [-0.25, -0.2) is 0 Å². The molecule has 0 aliphatic heterocycles. The molecule has 0 aliphatic carbocycles. The number of carbonyl (C=O) groups excluding carboxylic acids is 19. The number of aliphatic carboxylic acids is 6. The van der Waals surface area contributed by atoms with Gasteiger partial charge in [0.15, 0.2) is 0 Å². The molecule has 37 N–H and O–H groups in total. The molecule has 0 rings (SSSR count). The van der Waals surface area contributed by atoms with Gasteiger partial charge in [-0.05, 0) is 230 Å². The Bertz CT molecular complexity index is 4240. The molecular weight excluding hydrogens is 1870 g/mol. The lowest BCUT2D eigenvalue weighted by molar-refractivity contribution is -0.142. The maximum absolute atomic E-state index is 14.3. The Morgan fingerprint density at radius 2 is 0.291 bits per heavy atom. The lowest BCUT2D eigenvalue weighted by atomic mass is 10.0. The van der Waals surface area contributed by atoms with Gasteiger partial charge >= 0.3 is 35.8 Å². The Balaban J connectivity index is 6.75. The third-order valence-corrected chi connectivity index (χ3v) is 21.5. The normalized spacial score (nSPS) is 15.3. The van der Waals surface area contributed by atoms with E-state index in [2.05, 4.69) is 101 Å². The van der Waals surface area contributed by atoms with Crippen molar-refractivity contribution >= 4 is 148 Å². The fourth-order valence-corrected chi connectivity index (χ4v) is 12.9. The maximum Gasteiger partial charge on any atom is 0.325 e. The summed E-state index contributed by atoms with van der Waals surface area (Å²) in [6, 6.07) is -30.6. The van der Waals surface area contributed by atoms with E-state index in [1.54, 1.807) is 0 Å². The van der Waals surface area contributed by atoms with Crippen LogP contribution < -0.4 is 135 Å². The van der Waals surface area contributed by atoms with Crippen molar-refractivity contribution in [1.82, 2.24) is 101 Å². The Labute approximate surface area is 814 Å². The molecule has 56 heteroatoms. The lowest BCUT2D eigenvalue weighted by Gasteiger charge is -2.27. The van der Waals surface area contributed by atoms with Gasteiger partial charge in [-0.15, -0.1) is 0 Å². The van der Waals surface area contributed by atoms with Gasteiger partial charge in [-0.1, -0.05) is 0 Å². The van der Waals surface area contributed by atoms with Gasteiger partial charge in [0.1, 0.15) is 115 Å². The standard InChI is InChI=1S/C85H147N25O31/c1-41(91)66(121)101-56(26-31-61(111)112)76(131)95-43(3)68(123)92-42(2)67(122)93-45(5)70(125)103-52(22-12-17-37-87)81(136)107-57(27-32-62(113)114)77(132)96-44(4)69(124)94-46(6)71(126)104-53(23-13-18-38-88)82(137)108-59(29-34-64(117)118)79(134)98-48(8)73(128)106-55(25-15-20-40-90)84(139)110-60(30-35-65(119)120)80(135)99-49(9)74(129)105-54(24-14-19-39-89)83(138)109-58(28-33-63(115)116)78(133)97-47(7)72(127)102-51(21-11-16-36-86)75(130)100-50(10)85(140)141/h41-60H,11-40,86-91H2,1-10H3,(H,92,123)(H,93,122)(H,94,124)(H,95,131)(H,96,132)(H,97,133)(H,98,134)(H,99,135)(H,100,130)(H,101,121)(H,102,127)(H,103,125)(H,104,126)(H,105,129)(H,106,128)(H,107,136)(H,108,137)(H,109,138)(H,110,139)(H,111,112)(H,113,114)(H,115,116)(H,117,118)(H,119,120)(H,140,141)/t41-,42-,43-,44-,45-,46-,47-,48-,49-,50-,51-,52-,53-,54-,55-,56-,57-,58-,59-,60-/m0/s1. The second-order valence-electron chi connectivity index (χ2n) is 33.9. The van der Waals surface area contributed by atoms with E-state index in [4.69, 9.17) is 39.5 Å². The Morgan fingerprint density at radius 1 is 0.170 bits per heavy atom. The van der Waals surface area contributed by atoms with Gasteiger partial charge in [-0.3, -0.25) is 120 Å². The minimum atomic E-state index is -1.80. The molecule has 19 amide bonds. The van der Waals surface area contributed by atoms with E-state index in [0.717, 1.165) is 27.7 Å². The van der Waals surface area contributed by atoms with Crippen molar-refractivity contribution in [1.29, 1.82) is 0 Å². The quantitative estimate of drug-likeness (QED) is 0.0251. The molecule has 0 spiro atoms. The summed E-state index contributed by atoms with van der Waals surface area (Å²) in [7, 11) is 0. The highest BCUT2D eigenvalue weighted by molar-refractivity contribution is 6.02.